The first-order chi connectivity index (χ1) is 12.3. The molecule has 1 aliphatic rings. The lowest BCUT2D eigenvalue weighted by Gasteiger charge is -2.30. The van der Waals surface area contributed by atoms with Gasteiger partial charge in [0, 0.05) is 25.2 Å². The molecule has 1 atom stereocenters. The van der Waals surface area contributed by atoms with Crippen LogP contribution < -0.4 is 10.6 Å². The van der Waals surface area contributed by atoms with E-state index in [-0.39, 0.29) is 36.4 Å². The van der Waals surface area contributed by atoms with Gasteiger partial charge in [-0.2, -0.15) is 18.2 Å². The molecule has 1 fully saturated rings. The molecule has 2 aromatic rings. The summed E-state index contributed by atoms with van der Waals surface area (Å²) in [6, 6.07) is 3.98. The van der Waals surface area contributed by atoms with Crippen LogP contribution in [0.2, 0.25) is 0 Å². The maximum atomic E-state index is 12.5. The smallest absolute Gasteiger partial charge is 0.343 e. The van der Waals surface area contributed by atoms with Gasteiger partial charge < -0.3 is 15.2 Å². The number of hydrogen-bond donors (Lipinski definition) is 2. The molecule has 11 heteroatoms. The number of rotatable bonds is 4. The van der Waals surface area contributed by atoms with Crippen LogP contribution in [-0.2, 0) is 12.7 Å². The van der Waals surface area contributed by atoms with Crippen LogP contribution in [0.5, 0.6) is 0 Å². The maximum absolute atomic E-state index is 12.5. The number of benzene rings is 1. The van der Waals surface area contributed by atoms with E-state index in [0.29, 0.717) is 12.4 Å². The lowest BCUT2D eigenvalue weighted by Crippen LogP contribution is -2.44. The molecule has 0 bridgehead atoms. The van der Waals surface area contributed by atoms with E-state index in [2.05, 4.69) is 25.7 Å². The summed E-state index contributed by atoms with van der Waals surface area (Å²) in [6.07, 6.45) is -4.43. The third-order valence-electron chi connectivity index (χ3n) is 4.17. The molecule has 1 unspecified atom stereocenters. The molecule has 1 aromatic heterocycles. The fourth-order valence-electron chi connectivity index (χ4n) is 2.64. The summed E-state index contributed by atoms with van der Waals surface area (Å²) >= 11 is 0. The lowest BCUT2D eigenvalue weighted by molar-refractivity contribution is -0.137. The number of carbonyl (C=O) groups excluding carboxylic acids is 1. The highest BCUT2D eigenvalue weighted by atomic mass is 35.5. The Morgan fingerprint density at radius 2 is 2.07 bits per heavy atom. The van der Waals surface area contributed by atoms with Crippen molar-refractivity contribution in [1.29, 1.82) is 0 Å². The van der Waals surface area contributed by atoms with Crippen molar-refractivity contribution in [3.05, 3.63) is 47.1 Å². The number of carbonyl (C=O) groups is 1. The molecular formula is C16H19ClF3N5O2. The molecule has 1 saturated heterocycles. The van der Waals surface area contributed by atoms with Crippen molar-refractivity contribution >= 4 is 18.3 Å². The monoisotopic (exact) mass is 405 g/mol. The van der Waals surface area contributed by atoms with Crippen molar-refractivity contribution < 1.29 is 22.5 Å². The molecule has 148 valence electrons. The molecule has 2 N–H and O–H groups in total. The van der Waals surface area contributed by atoms with E-state index < -0.39 is 17.6 Å². The number of piperazine rings is 1. The highest BCUT2D eigenvalue weighted by Gasteiger charge is 2.30. The molecule has 1 aliphatic heterocycles. The minimum Gasteiger partial charge on any atom is -0.343 e. The van der Waals surface area contributed by atoms with E-state index in [4.69, 9.17) is 4.52 Å². The summed E-state index contributed by atoms with van der Waals surface area (Å²) in [5.41, 5.74) is -0.685. The van der Waals surface area contributed by atoms with E-state index in [1.54, 1.807) is 0 Å². The van der Waals surface area contributed by atoms with Crippen LogP contribution in [0.4, 0.5) is 13.2 Å². The average Bonchev–Trinajstić information content (AvgIpc) is 3.08. The lowest BCUT2D eigenvalue weighted by atomic mass is 10.1. The zero-order valence-corrected chi connectivity index (χ0v) is 15.2. The molecule has 7 nitrogen and oxygen atoms in total. The van der Waals surface area contributed by atoms with Gasteiger partial charge >= 0.3 is 6.18 Å². The second-order valence-corrected chi connectivity index (χ2v) is 6.00. The van der Waals surface area contributed by atoms with Crippen LogP contribution in [0.3, 0.4) is 0 Å². The van der Waals surface area contributed by atoms with Crippen LogP contribution in [0, 0.1) is 0 Å². The van der Waals surface area contributed by atoms with Gasteiger partial charge in [-0.15, -0.1) is 12.4 Å². The Labute approximate surface area is 159 Å². The third-order valence-corrected chi connectivity index (χ3v) is 4.17. The predicted octanol–water partition coefficient (Wildman–Crippen LogP) is 2.02. The summed E-state index contributed by atoms with van der Waals surface area (Å²) in [4.78, 5) is 18.4. The van der Waals surface area contributed by atoms with Crippen LogP contribution in [0.15, 0.2) is 28.8 Å². The van der Waals surface area contributed by atoms with Gasteiger partial charge in [-0.25, -0.2) is 0 Å². The van der Waals surface area contributed by atoms with Gasteiger partial charge in [-0.05, 0) is 31.3 Å². The summed E-state index contributed by atoms with van der Waals surface area (Å²) in [7, 11) is 1.97. The summed E-state index contributed by atoms with van der Waals surface area (Å²) in [5, 5.41) is 9.74. The van der Waals surface area contributed by atoms with Crippen molar-refractivity contribution in [3.63, 3.8) is 0 Å². The van der Waals surface area contributed by atoms with Gasteiger partial charge in [-0.1, -0.05) is 5.16 Å². The zero-order chi connectivity index (χ0) is 18.7. The number of alkyl halides is 3. The number of nitrogens with one attached hydrogen (secondary N) is 2. The van der Waals surface area contributed by atoms with E-state index >= 15 is 0 Å². The normalized spacial score (nSPS) is 18.0. The van der Waals surface area contributed by atoms with E-state index in [1.807, 2.05) is 7.05 Å². The maximum Gasteiger partial charge on any atom is 0.416 e. The molecule has 0 saturated carbocycles. The van der Waals surface area contributed by atoms with Crippen LogP contribution >= 0.6 is 12.4 Å². The fraction of sp³-hybridized carbons (Fsp3) is 0.438. The molecule has 27 heavy (non-hydrogen) atoms. The van der Waals surface area contributed by atoms with E-state index in [1.165, 1.54) is 0 Å². The minimum atomic E-state index is -4.43. The van der Waals surface area contributed by atoms with Crippen LogP contribution in [0.1, 0.15) is 33.7 Å². The number of aromatic nitrogens is 2. The molecule has 1 aromatic carbocycles. The summed E-state index contributed by atoms with van der Waals surface area (Å²) < 4.78 is 42.7. The van der Waals surface area contributed by atoms with E-state index in [0.717, 1.165) is 37.4 Å². The zero-order valence-electron chi connectivity index (χ0n) is 14.4. The molecule has 0 aliphatic carbocycles. The molecular weight excluding hydrogens is 387 g/mol. The van der Waals surface area contributed by atoms with Crippen LogP contribution in [-0.4, -0.2) is 47.6 Å². The van der Waals surface area contributed by atoms with Gasteiger partial charge in [0.15, 0.2) is 5.82 Å². The van der Waals surface area contributed by atoms with Gasteiger partial charge in [0.2, 0.25) is 5.89 Å². The van der Waals surface area contributed by atoms with Crippen molar-refractivity contribution in [2.45, 2.75) is 18.8 Å². The second kappa shape index (κ2) is 8.68. The Kier molecular flexibility index (Phi) is 6.79. The first-order valence-electron chi connectivity index (χ1n) is 8.03. The van der Waals surface area contributed by atoms with Crippen molar-refractivity contribution in [3.8, 4) is 0 Å². The van der Waals surface area contributed by atoms with Crippen molar-refractivity contribution in [2.24, 2.45) is 0 Å². The average molecular weight is 406 g/mol. The quantitative estimate of drug-likeness (QED) is 0.809. The number of halogens is 4. The first-order valence-corrected chi connectivity index (χ1v) is 8.03. The first kappa shape index (κ1) is 21.1. The van der Waals surface area contributed by atoms with Gasteiger partial charge in [-0.3, -0.25) is 9.69 Å². The van der Waals surface area contributed by atoms with Crippen molar-refractivity contribution in [1.82, 2.24) is 25.7 Å². The van der Waals surface area contributed by atoms with Gasteiger partial charge in [0.25, 0.3) is 5.91 Å². The van der Waals surface area contributed by atoms with Crippen LogP contribution in [0.25, 0.3) is 0 Å². The Morgan fingerprint density at radius 3 is 2.70 bits per heavy atom. The second-order valence-electron chi connectivity index (χ2n) is 6.00. The third kappa shape index (κ3) is 5.18. The molecule has 1 amide bonds. The topological polar surface area (TPSA) is 83.3 Å². The molecule has 0 spiro atoms. The highest BCUT2D eigenvalue weighted by Crippen LogP contribution is 2.29. The Morgan fingerprint density at radius 1 is 1.37 bits per heavy atom. The molecule has 0 radical (unpaired) electrons. The van der Waals surface area contributed by atoms with Crippen molar-refractivity contribution in [2.75, 3.05) is 26.7 Å². The summed E-state index contributed by atoms with van der Waals surface area (Å²) in [5.74, 6) is 0.243. The molecule has 2 heterocycles. The highest BCUT2D eigenvalue weighted by molar-refractivity contribution is 5.94. The Bertz CT molecular complexity index is 766. The number of amides is 1. The fourth-order valence-corrected chi connectivity index (χ4v) is 2.64. The summed E-state index contributed by atoms with van der Waals surface area (Å²) in [6.45, 7) is 2.45. The number of nitrogens with zero attached hydrogens (tertiary/aromatic N) is 3. The number of likely N-dealkylation sites (N-methyl/N-ethyl adjacent to an activating group) is 1. The standard InChI is InChI=1S/C16H18F3N5O2.ClH/c1-24-7-6-20-8-12(24)14-22-13(26-23-14)9-21-15(25)10-2-4-11(5-3-10)16(17,18)19;/h2-5,12,20H,6-9H2,1H3,(H,21,25);1H. The Balaban J connectivity index is 0.00000261. The minimum absolute atomic E-state index is 0. The SMILES string of the molecule is CN1CCNCC1c1noc(CNC(=O)c2ccc(C(F)(F)F)cc2)n1.Cl. The van der Waals surface area contributed by atoms with Gasteiger partial charge in [0.1, 0.15) is 0 Å². The predicted molar refractivity (Wildman–Crippen MR) is 92.4 cm³/mol. The Hall–Kier alpha value is -2.17. The van der Waals surface area contributed by atoms with Gasteiger partial charge in [0.05, 0.1) is 18.2 Å². The number of hydrogen-bond acceptors (Lipinski definition) is 6. The van der Waals surface area contributed by atoms with E-state index in [9.17, 15) is 18.0 Å². The largest absolute Gasteiger partial charge is 0.416 e. The molecule has 3 rings (SSSR count).